The first-order valence-electron chi connectivity index (χ1n) is 7.78. The highest BCUT2D eigenvalue weighted by molar-refractivity contribution is 3.86. The molecule has 0 aromatic carbocycles. The van der Waals surface area contributed by atoms with Gasteiger partial charge >= 0.3 is 0 Å². The summed E-state index contributed by atoms with van der Waals surface area (Å²) in [5.41, 5.74) is 0. The Morgan fingerprint density at radius 3 is 0.340 bits per heavy atom. The van der Waals surface area contributed by atoms with Crippen LogP contribution in [0, 0.1) is 0 Å². The standard InChI is InChI=1S/C2H5F.2CH2F2O.5CH2F2.4CH3FO.CH3F.10CH4/c1-2-3;2*2-1-4-3;9*2-1-3;1-2;;;;;;;;;;/h2H2,1H3;2*1H2;5*1H2;4*3H,1H2;1H3;10*1H4. The number of hydrogen-bond donors (Lipinski definition) is 4. The zero-order valence-corrected chi connectivity index (χ0v) is 20.6. The van der Waals surface area contributed by atoms with Gasteiger partial charge in [0, 0.05) is 0 Å². The van der Waals surface area contributed by atoms with Crippen molar-refractivity contribution in [2.45, 2.75) is 81.2 Å². The number of aliphatic hydroxyl groups excluding tert-OH is 4. The maximum Gasteiger partial charge on any atom is 0.229 e. The lowest BCUT2D eigenvalue weighted by molar-refractivity contribution is -0.167. The number of halogens is 20. The van der Waals surface area contributed by atoms with Gasteiger partial charge < -0.3 is 20.4 Å². The summed E-state index contributed by atoms with van der Waals surface area (Å²) in [7, 11) is 0.500. The van der Waals surface area contributed by atoms with Gasteiger partial charge in [-0.1, -0.05) is 74.3 Å². The van der Waals surface area contributed by atoms with Gasteiger partial charge in [-0.3, -0.25) is 8.78 Å². The lowest BCUT2D eigenvalue weighted by Crippen LogP contribution is -1.63. The molecule has 0 atom stereocenters. The van der Waals surface area contributed by atoms with Gasteiger partial charge in [0.05, 0.1) is 13.9 Å². The average molecular weight is 839 g/mol. The molecule has 346 valence electrons. The predicted molar refractivity (Wildman–Crippen MR) is 171 cm³/mol. The second-order valence-corrected chi connectivity index (χ2v) is 1.69. The third-order valence-corrected chi connectivity index (χ3v) is 0.0825. The Kier molecular flexibility index (Phi) is 2250. The van der Waals surface area contributed by atoms with E-state index in [0.717, 1.165) is 0 Å². The molecule has 0 radical (unpaired) electrons. The minimum atomic E-state index is -1.75. The van der Waals surface area contributed by atoms with Crippen molar-refractivity contribution >= 4 is 0 Å². The molecule has 0 saturated carbocycles. The van der Waals surface area contributed by atoms with Gasteiger partial charge in [0.25, 0.3) is 0 Å². The molecule has 0 aliphatic carbocycles. The topological polar surface area (TPSA) is 99.4 Å². The van der Waals surface area contributed by atoms with Crippen LogP contribution in [0.2, 0.25) is 0 Å². The fraction of sp³-hybridized carbons (Fsp3) is 1.00. The second-order valence-electron chi connectivity index (χ2n) is 1.69. The SMILES string of the molecule is C.C.C.C.C.C.C.C.C.C.CCF.CF.FCF.FCF.FCF.FCF.FCF.FCOF.FCOF.OCF.OCF.OCF.OCF. The van der Waals surface area contributed by atoms with E-state index in [4.69, 9.17) is 20.4 Å². The van der Waals surface area contributed by atoms with Crippen molar-refractivity contribution < 1.29 is 118 Å². The molecule has 0 fully saturated rings. The Morgan fingerprint density at radius 1 is 0.320 bits per heavy atom. The van der Waals surface area contributed by atoms with Crippen molar-refractivity contribution in [2.75, 3.05) is 89.7 Å². The van der Waals surface area contributed by atoms with Crippen LogP contribution < -0.4 is 0 Å². The maximum absolute atomic E-state index is 10.3. The van der Waals surface area contributed by atoms with E-state index in [1.165, 1.54) is 6.92 Å². The molecule has 0 bridgehead atoms. The van der Waals surface area contributed by atoms with Gasteiger partial charge in [-0.2, -0.15) is 9.88 Å². The third kappa shape index (κ3) is 736000. The smallest absolute Gasteiger partial charge is 0.229 e. The summed E-state index contributed by atoms with van der Waals surface area (Å²) < 4.78 is 195. The summed E-state index contributed by atoms with van der Waals surface area (Å²) in [4.78, 5) is 4.75. The summed E-state index contributed by atoms with van der Waals surface area (Å²) in [6.45, 7) is -15.2. The highest BCUT2D eigenvalue weighted by Gasteiger charge is 1.63. The fourth-order valence-electron chi connectivity index (χ4n) is 0. The molecule has 0 aliphatic heterocycles. The van der Waals surface area contributed by atoms with Crippen LogP contribution in [0.3, 0.4) is 0 Å². The van der Waals surface area contributed by atoms with E-state index in [9.17, 15) is 88.1 Å². The summed E-state index contributed by atoms with van der Waals surface area (Å²) in [5.74, 6) is 0. The van der Waals surface area contributed by atoms with Crippen LogP contribution in [0.4, 0.5) is 88.1 Å². The maximum atomic E-state index is 10.3. The lowest BCUT2D eigenvalue weighted by atomic mass is 10.9. The van der Waals surface area contributed by atoms with Crippen LogP contribution in [0.5, 0.6) is 0 Å². The van der Waals surface area contributed by atoms with Crippen LogP contribution in [0.25, 0.3) is 0 Å². The lowest BCUT2D eigenvalue weighted by Gasteiger charge is -1.64. The molecule has 0 spiro atoms. The third-order valence-electron chi connectivity index (χ3n) is 0.0825. The first-order chi connectivity index (χ1) is 19.0. The van der Waals surface area contributed by atoms with E-state index in [0.29, 0.717) is 7.18 Å². The number of aliphatic hydroxyl groups is 4. The van der Waals surface area contributed by atoms with Gasteiger partial charge in [0.1, 0.15) is 0 Å². The largest absolute Gasteiger partial charge is 0.366 e. The number of alkyl halides is 18. The summed E-state index contributed by atoms with van der Waals surface area (Å²) in [6, 6.07) is 0. The van der Waals surface area contributed by atoms with Crippen molar-refractivity contribution in [1.29, 1.82) is 0 Å². The average Bonchev–Trinajstić information content (AvgIpc) is 2.90. The molecule has 0 unspecified atom stereocenters. The van der Waals surface area contributed by atoms with Gasteiger partial charge in [0.2, 0.25) is 48.4 Å². The van der Waals surface area contributed by atoms with Crippen molar-refractivity contribution in [2.24, 2.45) is 0 Å². The first-order valence-corrected chi connectivity index (χ1v) is 7.78. The van der Waals surface area contributed by atoms with Crippen molar-refractivity contribution in [3.63, 3.8) is 0 Å². The molecule has 0 amide bonds. The Hall–Kier alpha value is -1.64. The molecule has 0 heterocycles. The Balaban J connectivity index is -0.00000000742. The van der Waals surface area contributed by atoms with E-state index in [-0.39, 0.29) is 80.9 Å². The molecule has 0 aliphatic rings. The summed E-state index contributed by atoms with van der Waals surface area (Å²) in [5, 5.41) is 27.6. The monoisotopic (exact) mass is 839 g/mol. The Labute approximate surface area is 290 Å². The van der Waals surface area contributed by atoms with Gasteiger partial charge in [-0.05, 0) is 16.0 Å². The van der Waals surface area contributed by atoms with Crippen LogP contribution >= 0.6 is 0 Å². The molecule has 26 heteroatoms. The van der Waals surface area contributed by atoms with Gasteiger partial charge in [-0.15, -0.1) is 0 Å². The molecular formula is C24H74F20O6. The molecule has 0 rings (SSSR count). The van der Waals surface area contributed by atoms with Crippen LogP contribution in [-0.2, 0) is 9.88 Å². The van der Waals surface area contributed by atoms with Crippen molar-refractivity contribution in [1.82, 2.24) is 0 Å². The normalized spacial score (nSPS) is 4.92. The zero-order chi connectivity index (χ0) is 35.9. The number of rotatable bonds is 2. The number of hydrogen-bond acceptors (Lipinski definition) is 6. The van der Waals surface area contributed by atoms with E-state index in [2.05, 4.69) is 9.88 Å². The van der Waals surface area contributed by atoms with E-state index < -0.39 is 75.8 Å². The van der Waals surface area contributed by atoms with E-state index >= 15 is 0 Å². The van der Waals surface area contributed by atoms with Crippen molar-refractivity contribution in [3.8, 4) is 0 Å². The molecule has 0 aromatic rings. The van der Waals surface area contributed by atoms with E-state index in [1.54, 1.807) is 0 Å². The highest BCUT2D eigenvalue weighted by atomic mass is 19.3. The summed E-state index contributed by atoms with van der Waals surface area (Å²) >= 11 is 0. The first kappa shape index (κ1) is 169. The minimum absolute atomic E-state index is 0. The van der Waals surface area contributed by atoms with Crippen LogP contribution in [0.15, 0.2) is 0 Å². The Bertz CT molecular complexity index is 136. The fourth-order valence-corrected chi connectivity index (χ4v) is 0. The highest BCUT2D eigenvalue weighted by Crippen LogP contribution is 1.68. The van der Waals surface area contributed by atoms with Crippen LogP contribution in [-0.4, -0.2) is 110 Å². The summed E-state index contributed by atoms with van der Waals surface area (Å²) in [6.07, 6.45) is 0. The van der Waals surface area contributed by atoms with Crippen molar-refractivity contribution in [3.05, 3.63) is 0 Å². The quantitative estimate of drug-likeness (QED) is 0.207. The van der Waals surface area contributed by atoms with E-state index in [1.807, 2.05) is 0 Å². The van der Waals surface area contributed by atoms with Gasteiger partial charge in [-0.25, -0.2) is 70.2 Å². The molecule has 0 aromatic heterocycles. The molecule has 4 N–H and O–H groups in total. The molecule has 0 saturated heterocycles. The minimum Gasteiger partial charge on any atom is -0.366 e. The molecular weight excluding hydrogens is 764 g/mol. The Morgan fingerprint density at radius 2 is 0.340 bits per heavy atom. The predicted octanol–water partition coefficient (Wildman–Crippen LogP) is 13.6. The molecule has 50 heavy (non-hydrogen) atoms. The second kappa shape index (κ2) is 666. The van der Waals surface area contributed by atoms with Gasteiger partial charge in [0.15, 0.2) is 27.4 Å². The molecule has 6 nitrogen and oxygen atoms in total. The van der Waals surface area contributed by atoms with Crippen LogP contribution in [0.1, 0.15) is 81.2 Å². The zero-order valence-electron chi connectivity index (χ0n) is 20.6.